The normalized spacial score (nSPS) is 33.3. The number of nitrogens with one attached hydrogen (secondary N) is 1. The summed E-state index contributed by atoms with van der Waals surface area (Å²) in [5.41, 5.74) is 0. The maximum Gasteiger partial charge on any atom is 0.308 e. The number of hydrogen-bond acceptors (Lipinski definition) is 3. The Labute approximate surface area is 101 Å². The Morgan fingerprint density at radius 1 is 1.12 bits per heavy atom. The highest BCUT2D eigenvalue weighted by Crippen LogP contribution is 2.26. The highest BCUT2D eigenvalue weighted by Gasteiger charge is 2.35. The van der Waals surface area contributed by atoms with Gasteiger partial charge >= 0.3 is 5.97 Å². The molecule has 2 rings (SSSR count). The van der Waals surface area contributed by atoms with Gasteiger partial charge in [0.1, 0.15) is 6.10 Å². The Balaban J connectivity index is 1.86. The molecule has 1 saturated heterocycles. The van der Waals surface area contributed by atoms with E-state index < -0.39 is 11.9 Å². The van der Waals surface area contributed by atoms with Gasteiger partial charge in [0.2, 0.25) is 5.91 Å². The molecule has 0 spiro atoms. The van der Waals surface area contributed by atoms with E-state index in [-0.39, 0.29) is 18.1 Å². The minimum Gasteiger partial charge on any atom is -0.481 e. The number of carboxylic acid groups (broad SMARTS) is 1. The molecule has 0 aromatic heterocycles. The Morgan fingerprint density at radius 2 is 1.94 bits per heavy atom. The van der Waals surface area contributed by atoms with E-state index in [0.717, 1.165) is 32.1 Å². The summed E-state index contributed by atoms with van der Waals surface area (Å²) in [4.78, 5) is 22.9. The smallest absolute Gasteiger partial charge is 0.308 e. The second-order valence-electron chi connectivity index (χ2n) is 4.85. The van der Waals surface area contributed by atoms with Crippen LogP contribution in [-0.2, 0) is 14.3 Å². The fourth-order valence-corrected chi connectivity index (χ4v) is 2.65. The predicted molar refractivity (Wildman–Crippen MR) is 60.5 cm³/mol. The Bertz CT molecular complexity index is 299. The van der Waals surface area contributed by atoms with Gasteiger partial charge in [-0.1, -0.05) is 6.42 Å². The topological polar surface area (TPSA) is 75.6 Å². The molecule has 0 aromatic rings. The summed E-state index contributed by atoms with van der Waals surface area (Å²) >= 11 is 0. The van der Waals surface area contributed by atoms with Gasteiger partial charge in [0, 0.05) is 12.6 Å². The zero-order valence-electron chi connectivity index (χ0n) is 9.85. The van der Waals surface area contributed by atoms with Gasteiger partial charge in [0.15, 0.2) is 0 Å². The van der Waals surface area contributed by atoms with Crippen molar-refractivity contribution in [2.45, 2.75) is 50.7 Å². The van der Waals surface area contributed by atoms with Crippen LogP contribution in [0.2, 0.25) is 0 Å². The molecule has 5 heteroatoms. The highest BCUT2D eigenvalue weighted by molar-refractivity contribution is 5.82. The van der Waals surface area contributed by atoms with Crippen LogP contribution in [-0.4, -0.2) is 35.7 Å². The van der Waals surface area contributed by atoms with Crippen LogP contribution in [0.15, 0.2) is 0 Å². The molecule has 1 amide bonds. The lowest BCUT2D eigenvalue weighted by molar-refractivity contribution is -0.143. The number of hydrogen-bond donors (Lipinski definition) is 2. The van der Waals surface area contributed by atoms with Crippen LogP contribution in [0.5, 0.6) is 0 Å². The summed E-state index contributed by atoms with van der Waals surface area (Å²) in [5, 5.41) is 11.9. The third-order valence-corrected chi connectivity index (χ3v) is 3.63. The molecule has 17 heavy (non-hydrogen) atoms. The van der Waals surface area contributed by atoms with Gasteiger partial charge in [-0.25, -0.2) is 0 Å². The molecular weight excluding hydrogens is 222 g/mol. The third-order valence-electron chi connectivity index (χ3n) is 3.63. The van der Waals surface area contributed by atoms with E-state index in [4.69, 9.17) is 9.84 Å². The van der Waals surface area contributed by atoms with E-state index in [2.05, 4.69) is 5.32 Å². The predicted octanol–water partition coefficient (Wildman–Crippen LogP) is 0.925. The first-order valence-corrected chi connectivity index (χ1v) is 6.33. The van der Waals surface area contributed by atoms with Crippen molar-refractivity contribution in [1.82, 2.24) is 5.32 Å². The Morgan fingerprint density at radius 3 is 2.59 bits per heavy atom. The third kappa shape index (κ3) is 2.97. The average Bonchev–Trinajstić information content (AvgIpc) is 2.78. The molecule has 1 aliphatic heterocycles. The summed E-state index contributed by atoms with van der Waals surface area (Å²) in [6.07, 6.45) is 4.67. The minimum atomic E-state index is -0.808. The molecule has 2 fully saturated rings. The molecule has 1 aliphatic carbocycles. The second-order valence-corrected chi connectivity index (χ2v) is 4.85. The summed E-state index contributed by atoms with van der Waals surface area (Å²) in [6, 6.07) is -0.217. The van der Waals surface area contributed by atoms with Crippen molar-refractivity contribution in [2.24, 2.45) is 5.92 Å². The van der Waals surface area contributed by atoms with Gasteiger partial charge in [0.05, 0.1) is 5.92 Å². The lowest BCUT2D eigenvalue weighted by Crippen LogP contribution is -2.46. The molecule has 1 saturated carbocycles. The molecule has 0 aromatic carbocycles. The molecule has 2 N–H and O–H groups in total. The van der Waals surface area contributed by atoms with Crippen molar-refractivity contribution in [2.75, 3.05) is 6.61 Å². The molecule has 0 radical (unpaired) electrons. The van der Waals surface area contributed by atoms with E-state index in [1.54, 1.807) is 0 Å². The van der Waals surface area contributed by atoms with Crippen molar-refractivity contribution in [3.63, 3.8) is 0 Å². The Kier molecular flexibility index (Phi) is 3.99. The number of carboxylic acids is 1. The number of carbonyl (C=O) groups is 2. The van der Waals surface area contributed by atoms with Crippen molar-refractivity contribution >= 4 is 11.9 Å². The van der Waals surface area contributed by atoms with Crippen LogP contribution < -0.4 is 5.32 Å². The molecule has 2 aliphatic rings. The summed E-state index contributed by atoms with van der Waals surface area (Å²) in [6.45, 7) is 0.630. The van der Waals surface area contributed by atoms with Crippen LogP contribution >= 0.6 is 0 Å². The van der Waals surface area contributed by atoms with Crippen LogP contribution in [0.1, 0.15) is 38.5 Å². The fourth-order valence-electron chi connectivity index (χ4n) is 2.65. The van der Waals surface area contributed by atoms with E-state index >= 15 is 0 Å². The lowest BCUT2D eigenvalue weighted by Gasteiger charge is -2.25. The number of carbonyl (C=O) groups excluding carboxylic acids is 1. The van der Waals surface area contributed by atoms with Gasteiger partial charge in [-0.2, -0.15) is 0 Å². The van der Waals surface area contributed by atoms with Crippen LogP contribution in [0.25, 0.3) is 0 Å². The minimum absolute atomic E-state index is 0.136. The molecular formula is C12H19NO4. The quantitative estimate of drug-likeness (QED) is 0.770. The molecule has 1 heterocycles. The zero-order chi connectivity index (χ0) is 12.3. The average molecular weight is 241 g/mol. The number of aliphatic carboxylic acids is 1. The second kappa shape index (κ2) is 5.49. The molecule has 3 atom stereocenters. The van der Waals surface area contributed by atoms with Gasteiger partial charge in [-0.3, -0.25) is 9.59 Å². The maximum absolute atomic E-state index is 11.9. The van der Waals surface area contributed by atoms with Crippen molar-refractivity contribution < 1.29 is 19.4 Å². The number of amides is 1. The molecule has 0 unspecified atom stereocenters. The van der Waals surface area contributed by atoms with Gasteiger partial charge in [-0.15, -0.1) is 0 Å². The number of rotatable bonds is 3. The van der Waals surface area contributed by atoms with Crippen molar-refractivity contribution in [1.29, 1.82) is 0 Å². The Hall–Kier alpha value is -1.10. The molecule has 5 nitrogen and oxygen atoms in total. The summed E-state index contributed by atoms with van der Waals surface area (Å²) in [5.74, 6) is -1.37. The fraction of sp³-hybridized carbons (Fsp3) is 0.833. The largest absolute Gasteiger partial charge is 0.481 e. The SMILES string of the molecule is O=C(O)[C@H]1CCC[C@H]1NC(=O)[C@H]1CCCCO1. The van der Waals surface area contributed by atoms with Gasteiger partial charge in [0.25, 0.3) is 0 Å². The zero-order valence-corrected chi connectivity index (χ0v) is 9.85. The highest BCUT2D eigenvalue weighted by atomic mass is 16.5. The van der Waals surface area contributed by atoms with Crippen LogP contribution in [0.4, 0.5) is 0 Å². The van der Waals surface area contributed by atoms with Gasteiger partial charge in [-0.05, 0) is 32.1 Å². The summed E-state index contributed by atoms with van der Waals surface area (Å²) < 4.78 is 5.39. The van der Waals surface area contributed by atoms with Crippen molar-refractivity contribution in [3.8, 4) is 0 Å². The van der Waals surface area contributed by atoms with E-state index in [9.17, 15) is 9.59 Å². The van der Waals surface area contributed by atoms with Crippen molar-refractivity contribution in [3.05, 3.63) is 0 Å². The van der Waals surface area contributed by atoms with Crippen LogP contribution in [0, 0.1) is 5.92 Å². The summed E-state index contributed by atoms with van der Waals surface area (Å²) in [7, 11) is 0. The standard InChI is InChI=1S/C12H19NO4/c14-11(10-6-1-2-7-17-10)13-9-5-3-4-8(9)12(15)16/h8-10H,1-7H2,(H,13,14)(H,15,16)/t8-,9+,10+/m0/s1. The molecule has 0 bridgehead atoms. The first kappa shape index (κ1) is 12.4. The first-order valence-electron chi connectivity index (χ1n) is 6.33. The van der Waals surface area contributed by atoms with E-state index in [1.807, 2.05) is 0 Å². The van der Waals surface area contributed by atoms with Crippen LogP contribution in [0.3, 0.4) is 0 Å². The number of ether oxygens (including phenoxy) is 1. The molecule has 96 valence electrons. The van der Waals surface area contributed by atoms with Gasteiger partial charge < -0.3 is 15.2 Å². The lowest BCUT2D eigenvalue weighted by atomic mass is 10.0. The monoisotopic (exact) mass is 241 g/mol. The van der Waals surface area contributed by atoms with E-state index in [1.165, 1.54) is 0 Å². The van der Waals surface area contributed by atoms with E-state index in [0.29, 0.717) is 13.0 Å². The maximum atomic E-state index is 11.9. The first-order chi connectivity index (χ1) is 8.18.